The molecule has 0 unspecified atom stereocenters. The smallest absolute Gasteiger partial charge is 0.248 e. The minimum atomic E-state index is -3.65. The topological polar surface area (TPSA) is 85.5 Å². The van der Waals surface area contributed by atoms with Crippen molar-refractivity contribution in [2.75, 3.05) is 19.7 Å². The van der Waals surface area contributed by atoms with Crippen molar-refractivity contribution in [1.29, 1.82) is 0 Å². The molecular formula is C14H17N3O4S. The highest BCUT2D eigenvalue weighted by Gasteiger charge is 2.35. The normalized spacial score (nSPS) is 20.2. The van der Waals surface area contributed by atoms with Crippen molar-refractivity contribution in [2.24, 2.45) is 0 Å². The van der Waals surface area contributed by atoms with E-state index in [-0.39, 0.29) is 17.5 Å². The van der Waals surface area contributed by atoms with E-state index in [1.54, 1.807) is 20.0 Å². The van der Waals surface area contributed by atoms with Crippen LogP contribution in [0.1, 0.15) is 23.3 Å². The monoisotopic (exact) mass is 323 g/mol. The Morgan fingerprint density at radius 1 is 1.32 bits per heavy atom. The van der Waals surface area contributed by atoms with Crippen molar-refractivity contribution < 1.29 is 17.7 Å². The van der Waals surface area contributed by atoms with Crippen LogP contribution in [0.2, 0.25) is 0 Å². The Morgan fingerprint density at radius 2 is 2.14 bits per heavy atom. The number of hydrogen-bond donors (Lipinski definition) is 0. The minimum Gasteiger partial charge on any atom is -0.369 e. The van der Waals surface area contributed by atoms with Gasteiger partial charge in [-0.2, -0.15) is 4.31 Å². The van der Waals surface area contributed by atoms with E-state index in [9.17, 15) is 8.42 Å². The van der Waals surface area contributed by atoms with E-state index in [2.05, 4.69) is 10.1 Å². The van der Waals surface area contributed by atoms with Gasteiger partial charge < -0.3 is 9.26 Å². The molecule has 0 radical (unpaired) electrons. The Hall–Kier alpha value is -1.77. The summed E-state index contributed by atoms with van der Waals surface area (Å²) in [5.74, 6) is 0.304. The zero-order valence-corrected chi connectivity index (χ0v) is 13.2. The minimum absolute atomic E-state index is 0.147. The first-order chi connectivity index (χ1) is 10.5. The molecule has 0 saturated carbocycles. The predicted octanol–water partition coefficient (Wildman–Crippen LogP) is 1.45. The molecule has 8 heteroatoms. The lowest BCUT2D eigenvalue weighted by Crippen LogP contribution is -2.42. The van der Waals surface area contributed by atoms with Gasteiger partial charge >= 0.3 is 0 Å². The van der Waals surface area contributed by atoms with Crippen molar-refractivity contribution in [3.05, 3.63) is 41.5 Å². The molecule has 0 spiro atoms. The van der Waals surface area contributed by atoms with E-state index in [0.717, 1.165) is 5.69 Å². The fourth-order valence-electron chi connectivity index (χ4n) is 2.56. The maximum atomic E-state index is 12.8. The molecule has 2 aromatic rings. The Balaban J connectivity index is 1.89. The molecule has 0 N–H and O–H groups in total. The third-order valence-electron chi connectivity index (χ3n) is 3.61. The number of hydrogen-bond acceptors (Lipinski definition) is 6. The van der Waals surface area contributed by atoms with Gasteiger partial charge in [0, 0.05) is 19.3 Å². The number of pyridine rings is 1. The lowest BCUT2D eigenvalue weighted by atomic mass is 10.2. The van der Waals surface area contributed by atoms with Crippen LogP contribution in [0.25, 0.3) is 0 Å². The Bertz CT molecular complexity index is 738. The summed E-state index contributed by atoms with van der Waals surface area (Å²) in [6.45, 7) is 4.08. The highest BCUT2D eigenvalue weighted by Crippen LogP contribution is 2.28. The molecule has 3 heterocycles. The third kappa shape index (κ3) is 2.65. The van der Waals surface area contributed by atoms with Gasteiger partial charge in [0.2, 0.25) is 10.0 Å². The molecule has 2 aromatic heterocycles. The molecular weight excluding hydrogens is 306 g/mol. The van der Waals surface area contributed by atoms with Crippen LogP contribution in [0, 0.1) is 13.8 Å². The van der Waals surface area contributed by atoms with Crippen LogP contribution in [-0.4, -0.2) is 42.6 Å². The number of ether oxygens (including phenoxy) is 1. The maximum Gasteiger partial charge on any atom is 0.248 e. The molecule has 3 rings (SSSR count). The fourth-order valence-corrected chi connectivity index (χ4v) is 4.28. The summed E-state index contributed by atoms with van der Waals surface area (Å²) in [6, 6.07) is 5.49. The lowest BCUT2D eigenvalue weighted by molar-refractivity contribution is -0.00496. The van der Waals surface area contributed by atoms with E-state index in [4.69, 9.17) is 9.26 Å². The van der Waals surface area contributed by atoms with Crippen molar-refractivity contribution >= 4 is 10.0 Å². The number of sulfonamides is 1. The summed E-state index contributed by atoms with van der Waals surface area (Å²) < 4.78 is 37.7. The molecule has 0 aromatic carbocycles. The first-order valence-corrected chi connectivity index (χ1v) is 8.39. The predicted molar refractivity (Wildman–Crippen MR) is 77.7 cm³/mol. The number of aromatic nitrogens is 2. The van der Waals surface area contributed by atoms with E-state index in [0.29, 0.717) is 24.6 Å². The molecule has 0 bridgehead atoms. The molecule has 1 aliphatic rings. The first kappa shape index (κ1) is 15.1. The van der Waals surface area contributed by atoms with Crippen LogP contribution < -0.4 is 0 Å². The fraction of sp³-hybridized carbons (Fsp3) is 0.429. The molecule has 118 valence electrons. The third-order valence-corrected chi connectivity index (χ3v) is 5.72. The average Bonchev–Trinajstić information content (AvgIpc) is 2.88. The second-order valence-corrected chi connectivity index (χ2v) is 7.01. The van der Waals surface area contributed by atoms with Crippen LogP contribution in [0.3, 0.4) is 0 Å². The van der Waals surface area contributed by atoms with E-state index < -0.39 is 10.0 Å². The highest BCUT2D eigenvalue weighted by molar-refractivity contribution is 7.89. The molecule has 1 aliphatic heterocycles. The molecule has 1 fully saturated rings. The number of nitrogens with zero attached hydrogens (tertiary/aromatic N) is 3. The van der Waals surface area contributed by atoms with Crippen LogP contribution in [0.15, 0.2) is 33.8 Å². The molecule has 1 saturated heterocycles. The molecule has 0 amide bonds. The van der Waals surface area contributed by atoms with Gasteiger partial charge in [0.25, 0.3) is 0 Å². The number of morpholine rings is 1. The Kier molecular flexibility index (Phi) is 3.98. The summed E-state index contributed by atoms with van der Waals surface area (Å²) in [5.41, 5.74) is 1.10. The molecule has 22 heavy (non-hydrogen) atoms. The standard InChI is InChI=1S/C14H17N3O4S/c1-10-14(11(2)21-16-10)22(18,19)17-7-8-20-13(9-17)12-5-3-4-6-15-12/h3-6,13H,7-9H2,1-2H3/t13-/m1/s1. The molecule has 7 nitrogen and oxygen atoms in total. The van der Waals surface area contributed by atoms with Gasteiger partial charge in [0.1, 0.15) is 16.7 Å². The van der Waals surface area contributed by atoms with Crippen molar-refractivity contribution in [3.63, 3.8) is 0 Å². The van der Waals surface area contributed by atoms with Gasteiger partial charge in [-0.1, -0.05) is 11.2 Å². The van der Waals surface area contributed by atoms with Crippen molar-refractivity contribution in [1.82, 2.24) is 14.4 Å². The second-order valence-electron chi connectivity index (χ2n) is 5.13. The summed E-state index contributed by atoms with van der Waals surface area (Å²) in [6.07, 6.45) is 1.30. The molecule has 0 aliphatic carbocycles. The van der Waals surface area contributed by atoms with E-state index >= 15 is 0 Å². The largest absolute Gasteiger partial charge is 0.369 e. The van der Waals surface area contributed by atoms with Crippen LogP contribution in [0.4, 0.5) is 0 Å². The summed E-state index contributed by atoms with van der Waals surface area (Å²) >= 11 is 0. The number of rotatable bonds is 3. The van der Waals surface area contributed by atoms with E-state index in [1.807, 2.05) is 18.2 Å². The number of aryl methyl sites for hydroxylation is 2. The summed E-state index contributed by atoms with van der Waals surface area (Å²) in [4.78, 5) is 4.39. The molecule has 1 atom stereocenters. The van der Waals surface area contributed by atoms with Gasteiger partial charge in [-0.15, -0.1) is 0 Å². The Morgan fingerprint density at radius 3 is 2.77 bits per heavy atom. The maximum absolute atomic E-state index is 12.8. The summed E-state index contributed by atoms with van der Waals surface area (Å²) in [5, 5.41) is 3.73. The SMILES string of the molecule is Cc1noc(C)c1S(=O)(=O)N1CCO[C@@H](c2ccccn2)C1. The van der Waals surface area contributed by atoms with Crippen LogP contribution in [0.5, 0.6) is 0 Å². The van der Waals surface area contributed by atoms with Gasteiger partial charge in [-0.25, -0.2) is 8.42 Å². The average molecular weight is 323 g/mol. The van der Waals surface area contributed by atoms with Crippen LogP contribution in [-0.2, 0) is 14.8 Å². The Labute approximate surface area is 128 Å². The van der Waals surface area contributed by atoms with Gasteiger partial charge in [0.15, 0.2) is 5.76 Å². The van der Waals surface area contributed by atoms with Crippen molar-refractivity contribution in [3.8, 4) is 0 Å². The first-order valence-electron chi connectivity index (χ1n) is 6.95. The zero-order chi connectivity index (χ0) is 15.7. The van der Waals surface area contributed by atoms with Gasteiger partial charge in [0.05, 0.1) is 12.3 Å². The quantitative estimate of drug-likeness (QED) is 0.850. The van der Waals surface area contributed by atoms with Crippen molar-refractivity contribution in [2.45, 2.75) is 24.8 Å². The summed E-state index contributed by atoms with van der Waals surface area (Å²) in [7, 11) is -3.65. The lowest BCUT2D eigenvalue weighted by Gasteiger charge is -2.31. The van der Waals surface area contributed by atoms with Gasteiger partial charge in [-0.05, 0) is 26.0 Å². The highest BCUT2D eigenvalue weighted by atomic mass is 32.2. The van der Waals surface area contributed by atoms with Crippen LogP contribution >= 0.6 is 0 Å². The van der Waals surface area contributed by atoms with Gasteiger partial charge in [-0.3, -0.25) is 4.98 Å². The second kappa shape index (κ2) is 5.79. The zero-order valence-electron chi connectivity index (χ0n) is 12.4. The van der Waals surface area contributed by atoms with E-state index in [1.165, 1.54) is 4.31 Å².